The molecule has 1 heterocycles. The van der Waals surface area contributed by atoms with Gasteiger partial charge >= 0.3 is 5.97 Å². The molecule has 1 unspecified atom stereocenters. The second-order valence-electron chi connectivity index (χ2n) is 8.02. The molecule has 8 nitrogen and oxygen atoms in total. The number of Topliss-reactive ketones (excluding diaryl/α,β-unsaturated/α-hetero) is 1. The van der Waals surface area contributed by atoms with Gasteiger partial charge in [-0.3, -0.25) is 29.3 Å². The van der Waals surface area contributed by atoms with E-state index in [1.165, 1.54) is 11.6 Å². The lowest BCUT2D eigenvalue weighted by Crippen LogP contribution is -2.29. The summed E-state index contributed by atoms with van der Waals surface area (Å²) in [6, 6.07) is 16.5. The zero-order chi connectivity index (χ0) is 25.5. The average Bonchev–Trinajstić information content (AvgIpc) is 3.11. The van der Waals surface area contributed by atoms with Gasteiger partial charge < -0.3 is 10.1 Å². The Balaban J connectivity index is 1.63. The molecule has 2 aromatic carbocycles. The van der Waals surface area contributed by atoms with Crippen LogP contribution in [-0.2, 0) is 14.3 Å². The average molecular weight is 496 g/mol. The number of carbonyl (C=O) groups is 4. The fourth-order valence-corrected chi connectivity index (χ4v) is 3.74. The summed E-state index contributed by atoms with van der Waals surface area (Å²) in [5.41, 5.74) is 5.44. The lowest BCUT2D eigenvalue weighted by molar-refractivity contribution is -0.143. The minimum absolute atomic E-state index is 0.152. The summed E-state index contributed by atoms with van der Waals surface area (Å²) in [7, 11) is 0. The van der Waals surface area contributed by atoms with Gasteiger partial charge in [-0.1, -0.05) is 41.9 Å². The third kappa shape index (κ3) is 6.80. The topological polar surface area (TPSA) is 106 Å². The Kier molecular flexibility index (Phi) is 8.43. The number of benzene rings is 2. The van der Waals surface area contributed by atoms with Crippen LogP contribution in [-0.4, -0.2) is 34.8 Å². The zero-order valence-electron chi connectivity index (χ0n) is 19.6. The third-order valence-corrected chi connectivity index (χ3v) is 5.62. The number of esters is 1. The van der Waals surface area contributed by atoms with Crippen LogP contribution in [0.15, 0.2) is 60.7 Å². The summed E-state index contributed by atoms with van der Waals surface area (Å²) in [6.07, 6.45) is -0.152. The van der Waals surface area contributed by atoms with Gasteiger partial charge in [-0.05, 0) is 49.7 Å². The first-order valence-electron chi connectivity index (χ1n) is 10.9. The minimum Gasteiger partial charge on any atom is -0.457 e. The molecule has 0 spiro atoms. The van der Waals surface area contributed by atoms with E-state index in [1.54, 1.807) is 68.4 Å². The van der Waals surface area contributed by atoms with E-state index < -0.39 is 24.4 Å². The van der Waals surface area contributed by atoms with Gasteiger partial charge in [-0.25, -0.2) is 0 Å². The summed E-state index contributed by atoms with van der Waals surface area (Å²) in [5, 5.41) is 3.23. The minimum atomic E-state index is -0.641. The highest BCUT2D eigenvalue weighted by Gasteiger charge is 2.22. The number of ether oxygens (including phenoxy) is 1. The Morgan fingerprint density at radius 1 is 1.00 bits per heavy atom. The third-order valence-electron chi connectivity index (χ3n) is 5.37. The molecule has 0 bridgehead atoms. The normalized spacial score (nSPS) is 11.4. The van der Waals surface area contributed by atoms with Crippen LogP contribution in [0.3, 0.4) is 0 Å². The molecule has 3 aromatic rings. The molecule has 9 heteroatoms. The Labute approximate surface area is 208 Å². The van der Waals surface area contributed by atoms with Crippen LogP contribution < -0.4 is 10.7 Å². The molecule has 1 atom stereocenters. The predicted molar refractivity (Wildman–Crippen MR) is 132 cm³/mol. The van der Waals surface area contributed by atoms with E-state index in [0.717, 1.165) is 0 Å². The van der Waals surface area contributed by atoms with Crippen LogP contribution in [0, 0.1) is 13.8 Å². The van der Waals surface area contributed by atoms with Gasteiger partial charge in [-0.15, -0.1) is 0 Å². The highest BCUT2D eigenvalue weighted by molar-refractivity contribution is 6.30. The lowest BCUT2D eigenvalue weighted by Gasteiger charge is -2.17. The van der Waals surface area contributed by atoms with Gasteiger partial charge in [-0.2, -0.15) is 0 Å². The van der Waals surface area contributed by atoms with E-state index in [-0.39, 0.29) is 18.2 Å². The Morgan fingerprint density at radius 3 is 2.29 bits per heavy atom. The Hall–Kier alpha value is -3.91. The quantitative estimate of drug-likeness (QED) is 0.343. The number of nitrogens with one attached hydrogen (secondary N) is 2. The van der Waals surface area contributed by atoms with Gasteiger partial charge in [0, 0.05) is 34.5 Å². The standard InChI is InChI=1S/C26H26ClN3O5/c1-16-13-22(17(2)30(16)29-26(34)20-7-5-4-6-8-20)24(32)15-35-25(33)14-23(28-18(3)31)19-9-11-21(27)12-10-19/h4-13,23H,14-15H2,1-3H3,(H,28,31)(H,29,34). The number of ketones is 1. The fraction of sp³-hybridized carbons (Fsp3) is 0.231. The van der Waals surface area contributed by atoms with Crippen molar-refractivity contribution in [1.82, 2.24) is 9.99 Å². The smallest absolute Gasteiger partial charge is 0.308 e. The number of amides is 2. The molecular weight excluding hydrogens is 470 g/mol. The summed E-state index contributed by atoms with van der Waals surface area (Å²) in [5.74, 6) is -1.67. The number of aromatic nitrogens is 1. The molecule has 2 N–H and O–H groups in total. The number of hydrogen-bond donors (Lipinski definition) is 2. The van der Waals surface area contributed by atoms with Crippen LogP contribution in [0.5, 0.6) is 0 Å². The van der Waals surface area contributed by atoms with Crippen molar-refractivity contribution in [3.63, 3.8) is 0 Å². The first-order chi connectivity index (χ1) is 16.7. The van der Waals surface area contributed by atoms with E-state index in [9.17, 15) is 19.2 Å². The van der Waals surface area contributed by atoms with Crippen LogP contribution >= 0.6 is 11.6 Å². The second-order valence-corrected chi connectivity index (χ2v) is 8.46. The molecule has 0 aliphatic carbocycles. The summed E-state index contributed by atoms with van der Waals surface area (Å²) in [6.45, 7) is 4.33. The highest BCUT2D eigenvalue weighted by Crippen LogP contribution is 2.21. The van der Waals surface area contributed by atoms with E-state index in [2.05, 4.69) is 10.7 Å². The molecule has 1 aromatic heterocycles. The van der Waals surface area contributed by atoms with Crippen molar-refractivity contribution in [1.29, 1.82) is 0 Å². The molecule has 35 heavy (non-hydrogen) atoms. The molecule has 0 fully saturated rings. The van der Waals surface area contributed by atoms with E-state index in [4.69, 9.17) is 16.3 Å². The van der Waals surface area contributed by atoms with E-state index in [0.29, 0.717) is 33.1 Å². The maximum Gasteiger partial charge on any atom is 0.308 e. The molecule has 3 rings (SSSR count). The molecule has 0 saturated carbocycles. The van der Waals surface area contributed by atoms with Gasteiger partial charge in [0.25, 0.3) is 5.91 Å². The largest absolute Gasteiger partial charge is 0.457 e. The Bertz CT molecular complexity index is 1240. The van der Waals surface area contributed by atoms with Crippen LogP contribution in [0.1, 0.15) is 57.1 Å². The number of aryl methyl sites for hydroxylation is 1. The fourth-order valence-electron chi connectivity index (χ4n) is 3.61. The van der Waals surface area contributed by atoms with Crippen LogP contribution in [0.25, 0.3) is 0 Å². The van der Waals surface area contributed by atoms with Gasteiger partial charge in [0.1, 0.15) is 0 Å². The van der Waals surface area contributed by atoms with E-state index >= 15 is 0 Å². The van der Waals surface area contributed by atoms with Gasteiger partial charge in [0.15, 0.2) is 6.61 Å². The summed E-state index contributed by atoms with van der Waals surface area (Å²) < 4.78 is 6.73. The molecule has 0 saturated heterocycles. The second kappa shape index (κ2) is 11.5. The Morgan fingerprint density at radius 2 is 1.66 bits per heavy atom. The van der Waals surface area contributed by atoms with E-state index in [1.807, 2.05) is 6.07 Å². The monoisotopic (exact) mass is 495 g/mol. The van der Waals surface area contributed by atoms with Gasteiger partial charge in [0.2, 0.25) is 11.7 Å². The zero-order valence-corrected chi connectivity index (χ0v) is 20.4. The summed E-state index contributed by atoms with van der Waals surface area (Å²) >= 11 is 5.91. The number of carbonyl (C=O) groups excluding carboxylic acids is 4. The molecule has 2 amide bonds. The molecule has 0 radical (unpaired) electrons. The van der Waals surface area contributed by atoms with Crippen LogP contribution in [0.4, 0.5) is 0 Å². The van der Waals surface area contributed by atoms with Crippen molar-refractivity contribution in [2.24, 2.45) is 0 Å². The van der Waals surface area contributed by atoms with Gasteiger partial charge in [0.05, 0.1) is 12.5 Å². The predicted octanol–water partition coefficient (Wildman–Crippen LogP) is 4.14. The van der Waals surface area contributed by atoms with Crippen molar-refractivity contribution in [2.75, 3.05) is 12.0 Å². The van der Waals surface area contributed by atoms with Crippen molar-refractivity contribution >= 4 is 35.2 Å². The number of halogens is 1. The summed E-state index contributed by atoms with van der Waals surface area (Å²) in [4.78, 5) is 49.3. The molecule has 0 aliphatic rings. The van der Waals surface area contributed by atoms with Crippen molar-refractivity contribution < 1.29 is 23.9 Å². The maximum atomic E-state index is 12.8. The molecule has 182 valence electrons. The van der Waals surface area contributed by atoms with Crippen molar-refractivity contribution in [2.45, 2.75) is 33.2 Å². The highest BCUT2D eigenvalue weighted by atomic mass is 35.5. The number of hydrogen-bond acceptors (Lipinski definition) is 5. The lowest BCUT2D eigenvalue weighted by atomic mass is 10.0. The number of nitrogens with zero attached hydrogens (tertiary/aromatic N) is 1. The maximum absolute atomic E-state index is 12.8. The number of rotatable bonds is 9. The van der Waals surface area contributed by atoms with Crippen LogP contribution in [0.2, 0.25) is 5.02 Å². The molecular formula is C26H26ClN3O5. The first kappa shape index (κ1) is 25.7. The van der Waals surface area contributed by atoms with Crippen molar-refractivity contribution in [3.8, 4) is 0 Å². The first-order valence-corrected chi connectivity index (χ1v) is 11.3. The molecule has 0 aliphatic heterocycles. The SMILES string of the molecule is CC(=O)NC(CC(=O)OCC(=O)c1cc(C)n(NC(=O)c2ccccc2)c1C)c1ccc(Cl)cc1. The van der Waals surface area contributed by atoms with Crippen molar-refractivity contribution in [3.05, 3.63) is 93.8 Å².